The molecule has 1 aliphatic heterocycles. The molecule has 0 aliphatic carbocycles. The summed E-state index contributed by atoms with van der Waals surface area (Å²) in [5.41, 5.74) is 1.26. The molecule has 0 aromatic heterocycles. The molecule has 0 amide bonds. The lowest BCUT2D eigenvalue weighted by Crippen LogP contribution is -2.33. The molecule has 1 atom stereocenters. The second-order valence-electron chi connectivity index (χ2n) is 5.80. The molecule has 0 saturated carbocycles. The summed E-state index contributed by atoms with van der Waals surface area (Å²) in [5, 5.41) is 0. The summed E-state index contributed by atoms with van der Waals surface area (Å²) < 4.78 is 28.1. The Morgan fingerprint density at radius 1 is 1.19 bits per heavy atom. The van der Waals surface area contributed by atoms with Gasteiger partial charge in [0, 0.05) is 18.8 Å². The van der Waals surface area contributed by atoms with Crippen LogP contribution in [0.2, 0.25) is 0 Å². The SMILES string of the molecule is COc1ccc(C2CCCCCN2CCS(C)(=O)=O)cc1. The smallest absolute Gasteiger partial charge is 0.148 e. The van der Waals surface area contributed by atoms with E-state index in [-0.39, 0.29) is 5.75 Å². The Balaban J connectivity index is 2.14. The molecule has 1 fully saturated rings. The third-order valence-corrected chi connectivity index (χ3v) is 5.04. The normalized spacial score (nSPS) is 21.0. The van der Waals surface area contributed by atoms with Gasteiger partial charge in [0.2, 0.25) is 0 Å². The van der Waals surface area contributed by atoms with Crippen LogP contribution in [0.25, 0.3) is 0 Å². The van der Waals surface area contributed by atoms with E-state index in [9.17, 15) is 8.42 Å². The highest BCUT2D eigenvalue weighted by molar-refractivity contribution is 7.90. The van der Waals surface area contributed by atoms with Gasteiger partial charge in [-0.25, -0.2) is 8.42 Å². The van der Waals surface area contributed by atoms with E-state index in [1.807, 2.05) is 12.1 Å². The zero-order chi connectivity index (χ0) is 15.3. The van der Waals surface area contributed by atoms with Crippen molar-refractivity contribution in [1.82, 2.24) is 4.90 Å². The van der Waals surface area contributed by atoms with Crippen molar-refractivity contribution >= 4 is 9.84 Å². The van der Waals surface area contributed by atoms with Gasteiger partial charge in [0.25, 0.3) is 0 Å². The van der Waals surface area contributed by atoms with Crippen LogP contribution in [0.1, 0.15) is 37.3 Å². The summed E-state index contributed by atoms with van der Waals surface area (Å²) in [5.74, 6) is 1.09. The number of ether oxygens (including phenoxy) is 1. The molecule has 21 heavy (non-hydrogen) atoms. The van der Waals surface area contributed by atoms with E-state index in [1.165, 1.54) is 24.7 Å². The van der Waals surface area contributed by atoms with Gasteiger partial charge in [-0.1, -0.05) is 25.0 Å². The third-order valence-electron chi connectivity index (χ3n) is 4.11. The summed E-state index contributed by atoms with van der Waals surface area (Å²) in [6.07, 6.45) is 5.98. The van der Waals surface area contributed by atoms with Gasteiger partial charge in [0.05, 0.1) is 12.9 Å². The molecule has 1 saturated heterocycles. The fourth-order valence-electron chi connectivity index (χ4n) is 2.92. The molecule has 0 radical (unpaired) electrons. The predicted octanol–water partition coefficient (Wildman–Crippen LogP) is 2.66. The first-order valence-electron chi connectivity index (χ1n) is 7.55. The van der Waals surface area contributed by atoms with Crippen LogP contribution < -0.4 is 4.74 Å². The quantitative estimate of drug-likeness (QED) is 0.839. The summed E-state index contributed by atoms with van der Waals surface area (Å²) in [4.78, 5) is 2.33. The van der Waals surface area contributed by atoms with Gasteiger partial charge < -0.3 is 4.74 Å². The fourth-order valence-corrected chi connectivity index (χ4v) is 3.49. The molecule has 0 spiro atoms. The monoisotopic (exact) mass is 311 g/mol. The number of nitrogens with zero attached hydrogens (tertiary/aromatic N) is 1. The number of hydrogen-bond donors (Lipinski definition) is 0. The summed E-state index contributed by atoms with van der Waals surface area (Å²) in [6, 6.07) is 8.48. The first kappa shape index (κ1) is 16.3. The first-order chi connectivity index (χ1) is 9.99. The lowest BCUT2D eigenvalue weighted by atomic mass is 10.0. The molecule has 0 N–H and O–H groups in total. The average molecular weight is 311 g/mol. The maximum absolute atomic E-state index is 11.4. The van der Waals surface area contributed by atoms with Gasteiger partial charge in [-0.3, -0.25) is 4.90 Å². The van der Waals surface area contributed by atoms with E-state index in [0.29, 0.717) is 12.6 Å². The van der Waals surface area contributed by atoms with Crippen molar-refractivity contribution in [3.63, 3.8) is 0 Å². The molecule has 1 unspecified atom stereocenters. The van der Waals surface area contributed by atoms with Crippen LogP contribution in [-0.4, -0.2) is 45.5 Å². The molecule has 1 aromatic carbocycles. The van der Waals surface area contributed by atoms with E-state index >= 15 is 0 Å². The van der Waals surface area contributed by atoms with Gasteiger partial charge in [-0.15, -0.1) is 0 Å². The molecule has 2 rings (SSSR count). The van der Waals surface area contributed by atoms with Crippen LogP contribution in [0, 0.1) is 0 Å². The molecule has 1 heterocycles. The summed E-state index contributed by atoms with van der Waals surface area (Å²) in [7, 11) is -1.25. The summed E-state index contributed by atoms with van der Waals surface area (Å²) >= 11 is 0. The van der Waals surface area contributed by atoms with Crippen LogP contribution in [0.5, 0.6) is 5.75 Å². The molecular weight excluding hydrogens is 286 g/mol. The highest BCUT2D eigenvalue weighted by Gasteiger charge is 2.23. The molecule has 118 valence electrons. The van der Waals surface area contributed by atoms with E-state index in [2.05, 4.69) is 17.0 Å². The Labute approximate surface area is 128 Å². The van der Waals surface area contributed by atoms with E-state index in [1.54, 1.807) is 7.11 Å². The van der Waals surface area contributed by atoms with Crippen molar-refractivity contribution in [3.8, 4) is 5.75 Å². The lowest BCUT2D eigenvalue weighted by molar-refractivity contribution is 0.213. The zero-order valence-corrected chi connectivity index (χ0v) is 13.7. The molecule has 4 nitrogen and oxygen atoms in total. The van der Waals surface area contributed by atoms with Crippen molar-refractivity contribution in [2.75, 3.05) is 32.2 Å². The molecule has 5 heteroatoms. The zero-order valence-electron chi connectivity index (χ0n) is 12.9. The topological polar surface area (TPSA) is 46.6 Å². The molecule has 0 bridgehead atoms. The number of methoxy groups -OCH3 is 1. The average Bonchev–Trinajstić information content (AvgIpc) is 2.70. The van der Waals surface area contributed by atoms with E-state index < -0.39 is 9.84 Å². The van der Waals surface area contributed by atoms with Gasteiger partial charge in [0.1, 0.15) is 15.6 Å². The minimum absolute atomic E-state index is 0.236. The van der Waals surface area contributed by atoms with Crippen molar-refractivity contribution in [1.29, 1.82) is 0 Å². The van der Waals surface area contributed by atoms with Crippen molar-refractivity contribution in [3.05, 3.63) is 29.8 Å². The van der Waals surface area contributed by atoms with Crippen LogP contribution in [0.4, 0.5) is 0 Å². The maximum Gasteiger partial charge on any atom is 0.148 e. The van der Waals surface area contributed by atoms with Crippen LogP contribution >= 0.6 is 0 Å². The predicted molar refractivity (Wildman–Crippen MR) is 85.5 cm³/mol. The maximum atomic E-state index is 11.4. The van der Waals surface area contributed by atoms with E-state index in [4.69, 9.17) is 4.74 Å². The van der Waals surface area contributed by atoms with Crippen molar-refractivity contribution < 1.29 is 13.2 Å². The van der Waals surface area contributed by atoms with Crippen molar-refractivity contribution in [2.24, 2.45) is 0 Å². The minimum atomic E-state index is -2.91. The Kier molecular flexibility index (Phi) is 5.65. The molecule has 1 aliphatic rings. The van der Waals surface area contributed by atoms with Gasteiger partial charge in [-0.05, 0) is 37.1 Å². The number of likely N-dealkylation sites (tertiary alicyclic amines) is 1. The van der Waals surface area contributed by atoms with Crippen molar-refractivity contribution in [2.45, 2.75) is 31.7 Å². The molecule has 1 aromatic rings. The van der Waals surface area contributed by atoms with Crippen LogP contribution in [0.15, 0.2) is 24.3 Å². The first-order valence-corrected chi connectivity index (χ1v) is 9.61. The van der Waals surface area contributed by atoms with Crippen LogP contribution in [-0.2, 0) is 9.84 Å². The second kappa shape index (κ2) is 7.27. The highest BCUT2D eigenvalue weighted by Crippen LogP contribution is 2.30. The van der Waals surface area contributed by atoms with Crippen LogP contribution in [0.3, 0.4) is 0 Å². The minimum Gasteiger partial charge on any atom is -0.497 e. The van der Waals surface area contributed by atoms with Gasteiger partial charge in [0.15, 0.2) is 0 Å². The van der Waals surface area contributed by atoms with Gasteiger partial charge >= 0.3 is 0 Å². The fraction of sp³-hybridized carbons (Fsp3) is 0.625. The van der Waals surface area contributed by atoms with E-state index in [0.717, 1.165) is 25.1 Å². The Morgan fingerprint density at radius 3 is 2.52 bits per heavy atom. The number of sulfone groups is 1. The van der Waals surface area contributed by atoms with Gasteiger partial charge in [-0.2, -0.15) is 0 Å². The Morgan fingerprint density at radius 2 is 1.90 bits per heavy atom. The highest BCUT2D eigenvalue weighted by atomic mass is 32.2. The largest absolute Gasteiger partial charge is 0.497 e. The Hall–Kier alpha value is -1.07. The number of hydrogen-bond acceptors (Lipinski definition) is 4. The standard InChI is InChI=1S/C16H25NO3S/c1-20-15-9-7-14(8-10-15)16-6-4-3-5-11-17(16)12-13-21(2,18)19/h7-10,16H,3-6,11-13H2,1-2H3. The lowest BCUT2D eigenvalue weighted by Gasteiger charge is -2.30. The number of rotatable bonds is 5. The second-order valence-corrected chi connectivity index (χ2v) is 8.06. The third kappa shape index (κ3) is 5.00. The number of benzene rings is 1. The Bertz CT molecular complexity index is 539. The summed E-state index contributed by atoms with van der Waals surface area (Å²) in [6.45, 7) is 1.60. The molecular formula is C16H25NO3S.